The second-order valence-electron chi connectivity index (χ2n) is 5.54. The number of nitriles is 1. The molecule has 112 valence electrons. The standard InChI is InChI=1S/C15H18N2O3S/c1-9-6-12(10(2)21-9)14(19)20-7-13(18)17-15(3,8-16)11-4-5-11/h6,11H,4-5,7H2,1-3H3,(H,17,18)/t15-/m0/s1. The van der Waals surface area contributed by atoms with Crippen LogP contribution in [0, 0.1) is 31.1 Å². The molecule has 0 spiro atoms. The molecule has 1 aromatic rings. The number of ether oxygens (including phenoxy) is 1. The van der Waals surface area contributed by atoms with Gasteiger partial charge in [-0.1, -0.05) is 0 Å². The van der Waals surface area contributed by atoms with E-state index in [1.165, 1.54) is 11.3 Å². The molecule has 0 bridgehead atoms. The van der Waals surface area contributed by atoms with Crippen LogP contribution in [0.2, 0.25) is 0 Å². The Morgan fingerprint density at radius 3 is 2.67 bits per heavy atom. The highest BCUT2D eigenvalue weighted by Gasteiger charge is 2.43. The number of thiophene rings is 1. The van der Waals surface area contributed by atoms with Crippen molar-refractivity contribution in [1.82, 2.24) is 5.32 Å². The number of nitrogens with zero attached hydrogens (tertiary/aromatic N) is 1. The molecule has 1 atom stereocenters. The predicted molar refractivity (Wildman–Crippen MR) is 79.0 cm³/mol. The van der Waals surface area contributed by atoms with E-state index < -0.39 is 17.4 Å². The molecule has 6 heteroatoms. The SMILES string of the molecule is Cc1cc(C(=O)OCC(=O)N[C@@](C)(C#N)C2CC2)c(C)s1. The Balaban J connectivity index is 1.88. The van der Waals surface area contributed by atoms with Crippen molar-refractivity contribution in [3.8, 4) is 6.07 Å². The number of esters is 1. The molecule has 2 rings (SSSR count). The summed E-state index contributed by atoms with van der Waals surface area (Å²) in [6.45, 7) is 5.09. The van der Waals surface area contributed by atoms with Gasteiger partial charge in [-0.25, -0.2) is 4.79 Å². The van der Waals surface area contributed by atoms with E-state index in [-0.39, 0.29) is 12.5 Å². The second kappa shape index (κ2) is 5.86. The summed E-state index contributed by atoms with van der Waals surface area (Å²) < 4.78 is 5.02. The zero-order valence-corrected chi connectivity index (χ0v) is 13.2. The van der Waals surface area contributed by atoms with Gasteiger partial charge in [-0.15, -0.1) is 11.3 Å². The van der Waals surface area contributed by atoms with E-state index in [0.29, 0.717) is 5.56 Å². The molecule has 1 aromatic heterocycles. The number of hydrogen-bond acceptors (Lipinski definition) is 5. The fourth-order valence-electron chi connectivity index (χ4n) is 2.25. The fourth-order valence-corrected chi connectivity index (χ4v) is 3.16. The van der Waals surface area contributed by atoms with Crippen molar-refractivity contribution in [2.75, 3.05) is 6.61 Å². The first-order valence-corrected chi connectivity index (χ1v) is 7.64. The quantitative estimate of drug-likeness (QED) is 0.847. The number of nitrogens with one attached hydrogen (secondary N) is 1. The van der Waals surface area contributed by atoms with Crippen LogP contribution in [0.4, 0.5) is 0 Å². The summed E-state index contributed by atoms with van der Waals surface area (Å²) in [6.07, 6.45) is 1.88. The van der Waals surface area contributed by atoms with E-state index in [1.807, 2.05) is 13.8 Å². The summed E-state index contributed by atoms with van der Waals surface area (Å²) in [4.78, 5) is 25.6. The Morgan fingerprint density at radius 2 is 2.19 bits per heavy atom. The van der Waals surface area contributed by atoms with Crippen LogP contribution in [0.15, 0.2) is 6.07 Å². The van der Waals surface area contributed by atoms with E-state index in [4.69, 9.17) is 10.00 Å². The van der Waals surface area contributed by atoms with Gasteiger partial charge in [-0.2, -0.15) is 5.26 Å². The summed E-state index contributed by atoms with van der Waals surface area (Å²) in [7, 11) is 0. The van der Waals surface area contributed by atoms with Gasteiger partial charge in [0.25, 0.3) is 5.91 Å². The van der Waals surface area contributed by atoms with Crippen LogP contribution in [0.5, 0.6) is 0 Å². The number of carbonyl (C=O) groups is 2. The van der Waals surface area contributed by atoms with Crippen LogP contribution in [0.3, 0.4) is 0 Å². The molecule has 0 aromatic carbocycles. The zero-order chi connectivity index (χ0) is 15.6. The molecule has 5 nitrogen and oxygen atoms in total. The molecule has 1 aliphatic rings. The lowest BCUT2D eigenvalue weighted by molar-refractivity contribution is -0.125. The minimum atomic E-state index is -0.863. The maximum atomic E-state index is 11.9. The molecule has 1 heterocycles. The topological polar surface area (TPSA) is 79.2 Å². The lowest BCUT2D eigenvalue weighted by Gasteiger charge is -2.22. The molecule has 0 aliphatic heterocycles. The van der Waals surface area contributed by atoms with Crippen LogP contribution in [-0.2, 0) is 9.53 Å². The molecule has 1 amide bonds. The van der Waals surface area contributed by atoms with Crippen LogP contribution < -0.4 is 5.32 Å². The average Bonchev–Trinajstić information content (AvgIpc) is 3.22. The van der Waals surface area contributed by atoms with E-state index >= 15 is 0 Å². The maximum Gasteiger partial charge on any atom is 0.339 e. The molecule has 1 saturated carbocycles. The lowest BCUT2D eigenvalue weighted by Crippen LogP contribution is -2.48. The normalized spacial score (nSPS) is 16.7. The van der Waals surface area contributed by atoms with Crippen LogP contribution in [-0.4, -0.2) is 24.0 Å². The third-order valence-corrected chi connectivity index (χ3v) is 4.59. The molecule has 21 heavy (non-hydrogen) atoms. The van der Waals surface area contributed by atoms with Crippen LogP contribution >= 0.6 is 11.3 Å². The van der Waals surface area contributed by atoms with E-state index in [1.54, 1.807) is 13.0 Å². The van der Waals surface area contributed by atoms with Gasteiger partial charge in [-0.05, 0) is 45.6 Å². The summed E-state index contributed by atoms with van der Waals surface area (Å²) in [5, 5.41) is 11.8. The summed E-state index contributed by atoms with van der Waals surface area (Å²) in [5.74, 6) is -0.745. The largest absolute Gasteiger partial charge is 0.452 e. The third-order valence-electron chi connectivity index (χ3n) is 3.62. The fraction of sp³-hybridized carbons (Fsp3) is 0.533. The van der Waals surface area contributed by atoms with Crippen molar-refractivity contribution in [2.24, 2.45) is 5.92 Å². The first-order chi connectivity index (χ1) is 9.85. The molecule has 0 radical (unpaired) electrons. The van der Waals surface area contributed by atoms with Crippen molar-refractivity contribution < 1.29 is 14.3 Å². The Morgan fingerprint density at radius 1 is 1.52 bits per heavy atom. The molecule has 0 saturated heterocycles. The van der Waals surface area contributed by atoms with Gasteiger partial charge in [-0.3, -0.25) is 4.79 Å². The summed E-state index contributed by atoms with van der Waals surface area (Å²) in [5.41, 5.74) is -0.367. The van der Waals surface area contributed by atoms with Crippen molar-refractivity contribution in [3.05, 3.63) is 21.4 Å². The van der Waals surface area contributed by atoms with Gasteiger partial charge < -0.3 is 10.1 Å². The second-order valence-corrected chi connectivity index (χ2v) is 7.00. The first kappa shape index (κ1) is 15.5. The molecule has 0 unspecified atom stereocenters. The summed E-state index contributed by atoms with van der Waals surface area (Å²) >= 11 is 1.51. The first-order valence-electron chi connectivity index (χ1n) is 6.82. The Bertz CT molecular complexity index is 613. The van der Waals surface area contributed by atoms with Crippen molar-refractivity contribution in [2.45, 2.75) is 39.2 Å². The van der Waals surface area contributed by atoms with Gasteiger partial charge in [0, 0.05) is 9.75 Å². The van der Waals surface area contributed by atoms with Crippen LogP contribution in [0.25, 0.3) is 0 Å². The van der Waals surface area contributed by atoms with Crippen molar-refractivity contribution >= 4 is 23.2 Å². The van der Waals surface area contributed by atoms with Crippen LogP contribution in [0.1, 0.15) is 39.9 Å². The van der Waals surface area contributed by atoms with E-state index in [2.05, 4.69) is 11.4 Å². The average molecular weight is 306 g/mol. The highest BCUT2D eigenvalue weighted by molar-refractivity contribution is 7.12. The molecule has 1 N–H and O–H groups in total. The van der Waals surface area contributed by atoms with Crippen molar-refractivity contribution in [1.29, 1.82) is 5.26 Å². The van der Waals surface area contributed by atoms with Gasteiger partial charge in [0.15, 0.2) is 6.61 Å². The number of aryl methyl sites for hydroxylation is 2. The number of hydrogen-bond donors (Lipinski definition) is 1. The zero-order valence-electron chi connectivity index (χ0n) is 12.4. The van der Waals surface area contributed by atoms with Gasteiger partial charge in [0.1, 0.15) is 5.54 Å². The number of carbonyl (C=O) groups excluding carboxylic acids is 2. The smallest absolute Gasteiger partial charge is 0.339 e. The van der Waals surface area contributed by atoms with Gasteiger partial charge in [0.05, 0.1) is 11.6 Å². The lowest BCUT2D eigenvalue weighted by atomic mass is 9.98. The molecular weight excluding hydrogens is 288 g/mol. The minimum absolute atomic E-state index is 0.198. The van der Waals surface area contributed by atoms with Crippen molar-refractivity contribution in [3.63, 3.8) is 0 Å². The molecular formula is C15H18N2O3S. The Kier molecular flexibility index (Phi) is 4.33. The Labute approximate surface area is 127 Å². The Hall–Kier alpha value is -1.87. The number of rotatable bonds is 5. The monoisotopic (exact) mass is 306 g/mol. The minimum Gasteiger partial charge on any atom is -0.452 e. The maximum absolute atomic E-state index is 11.9. The predicted octanol–water partition coefficient (Wildman–Crippen LogP) is 2.33. The van der Waals surface area contributed by atoms with Gasteiger partial charge >= 0.3 is 5.97 Å². The highest BCUT2D eigenvalue weighted by atomic mass is 32.1. The van der Waals surface area contributed by atoms with Gasteiger partial charge in [0.2, 0.25) is 0 Å². The van der Waals surface area contributed by atoms with E-state index in [9.17, 15) is 9.59 Å². The number of amides is 1. The summed E-state index contributed by atoms with van der Waals surface area (Å²) in [6, 6.07) is 3.89. The van der Waals surface area contributed by atoms with E-state index in [0.717, 1.165) is 22.6 Å². The molecule has 1 fully saturated rings. The highest BCUT2D eigenvalue weighted by Crippen LogP contribution is 2.39. The third kappa shape index (κ3) is 3.61. The molecule has 1 aliphatic carbocycles.